The van der Waals surface area contributed by atoms with Crippen LogP contribution < -0.4 is 10.6 Å². The molecule has 1 heterocycles. The van der Waals surface area contributed by atoms with Crippen LogP contribution in [0.4, 0.5) is 16.2 Å². The van der Waals surface area contributed by atoms with Gasteiger partial charge in [-0.1, -0.05) is 25.3 Å². The van der Waals surface area contributed by atoms with Gasteiger partial charge in [0.25, 0.3) is 11.6 Å². The van der Waals surface area contributed by atoms with Crippen LogP contribution in [0.3, 0.4) is 0 Å². The molecular weight excluding hydrogens is 340 g/mol. The van der Waals surface area contributed by atoms with E-state index in [0.717, 1.165) is 37.0 Å². The molecule has 0 aromatic heterocycles. The lowest BCUT2D eigenvalue weighted by molar-refractivity contribution is -0.384. The van der Waals surface area contributed by atoms with E-state index in [9.17, 15) is 24.5 Å². The van der Waals surface area contributed by atoms with E-state index in [1.165, 1.54) is 24.3 Å². The lowest BCUT2D eigenvalue weighted by atomic mass is 9.84. The molecule has 1 atom stereocenters. The first-order valence-electron chi connectivity index (χ1n) is 8.62. The van der Waals surface area contributed by atoms with Crippen LogP contribution in [0, 0.1) is 16.0 Å². The number of nitrogens with one attached hydrogen (secondary N) is 2. The lowest BCUT2D eigenvalue weighted by Crippen LogP contribution is -2.40. The normalized spacial score (nSPS) is 20.8. The number of non-ortho nitro benzene ring substituents is 1. The summed E-state index contributed by atoms with van der Waals surface area (Å²) in [6.45, 7) is -0.420. The molecule has 9 heteroatoms. The van der Waals surface area contributed by atoms with Gasteiger partial charge in [0.05, 0.1) is 4.92 Å². The quantitative estimate of drug-likeness (QED) is 0.473. The van der Waals surface area contributed by atoms with E-state index in [1.54, 1.807) is 0 Å². The van der Waals surface area contributed by atoms with E-state index < -0.39 is 29.4 Å². The summed E-state index contributed by atoms with van der Waals surface area (Å²) in [5.74, 6) is -0.848. The van der Waals surface area contributed by atoms with E-state index in [2.05, 4.69) is 10.6 Å². The van der Waals surface area contributed by atoms with Gasteiger partial charge in [0.15, 0.2) is 0 Å². The van der Waals surface area contributed by atoms with Crippen molar-refractivity contribution in [2.24, 2.45) is 5.92 Å². The number of nitro benzene ring substituents is 1. The second kappa shape index (κ2) is 7.51. The van der Waals surface area contributed by atoms with Gasteiger partial charge in [0, 0.05) is 17.8 Å². The van der Waals surface area contributed by atoms with E-state index in [1.807, 2.05) is 0 Å². The molecule has 1 aromatic carbocycles. The van der Waals surface area contributed by atoms with Gasteiger partial charge in [0.1, 0.15) is 12.6 Å². The molecule has 0 radical (unpaired) electrons. The number of rotatable bonds is 5. The van der Waals surface area contributed by atoms with Gasteiger partial charge in [-0.05, 0) is 24.8 Å². The maximum absolute atomic E-state index is 12.5. The molecule has 26 heavy (non-hydrogen) atoms. The number of hydrogen-bond acceptors (Lipinski definition) is 5. The lowest BCUT2D eigenvalue weighted by Gasteiger charge is -2.25. The maximum Gasteiger partial charge on any atom is 0.325 e. The Bertz CT molecular complexity index is 744. The number of urea groups is 1. The Morgan fingerprint density at radius 3 is 2.69 bits per heavy atom. The monoisotopic (exact) mass is 360 g/mol. The third-order valence-electron chi connectivity index (χ3n) is 4.82. The van der Waals surface area contributed by atoms with Crippen LogP contribution in [0.1, 0.15) is 32.1 Å². The highest BCUT2D eigenvalue weighted by molar-refractivity contribution is 6.08. The number of hydrogen-bond donors (Lipinski definition) is 2. The number of nitrogens with zero attached hydrogens (tertiary/aromatic N) is 2. The smallest absolute Gasteiger partial charge is 0.325 e. The van der Waals surface area contributed by atoms with Crippen LogP contribution >= 0.6 is 0 Å². The summed E-state index contributed by atoms with van der Waals surface area (Å²) in [4.78, 5) is 47.9. The Hall–Kier alpha value is -2.97. The van der Waals surface area contributed by atoms with Gasteiger partial charge in [-0.25, -0.2) is 4.79 Å². The fourth-order valence-electron chi connectivity index (χ4n) is 3.52. The maximum atomic E-state index is 12.5. The topological polar surface area (TPSA) is 122 Å². The molecule has 3 rings (SSSR count). The number of anilines is 1. The zero-order chi connectivity index (χ0) is 18.7. The fraction of sp³-hybridized carbons (Fsp3) is 0.471. The van der Waals surface area contributed by atoms with Crippen molar-refractivity contribution in [3.05, 3.63) is 34.4 Å². The number of nitro groups is 1. The standard InChI is InChI=1S/C17H20N4O5/c22-14(18-12-7-4-8-13(9-12)21(25)26)10-20-16(23)15(19-17(20)24)11-5-2-1-3-6-11/h4,7-9,11,15H,1-3,5-6,10H2,(H,18,22)(H,19,24)/t15-/m1/s1. The summed E-state index contributed by atoms with van der Waals surface area (Å²) in [6.07, 6.45) is 5.00. The number of amides is 4. The molecule has 0 bridgehead atoms. The fourth-order valence-corrected chi connectivity index (χ4v) is 3.52. The van der Waals surface area contributed by atoms with Gasteiger partial charge >= 0.3 is 6.03 Å². The second-order valence-corrected chi connectivity index (χ2v) is 6.61. The van der Waals surface area contributed by atoms with E-state index >= 15 is 0 Å². The van der Waals surface area contributed by atoms with Crippen molar-refractivity contribution in [1.29, 1.82) is 0 Å². The molecule has 0 unspecified atom stereocenters. The van der Waals surface area contributed by atoms with Gasteiger partial charge in [0.2, 0.25) is 5.91 Å². The van der Waals surface area contributed by atoms with Crippen molar-refractivity contribution in [3.63, 3.8) is 0 Å². The molecule has 2 aliphatic rings. The summed E-state index contributed by atoms with van der Waals surface area (Å²) in [7, 11) is 0. The van der Waals surface area contributed by atoms with Crippen LogP contribution in [-0.2, 0) is 9.59 Å². The predicted octanol–water partition coefficient (Wildman–Crippen LogP) is 2.03. The first kappa shape index (κ1) is 17.8. The highest BCUT2D eigenvalue weighted by Gasteiger charge is 2.43. The average molecular weight is 360 g/mol. The van der Waals surface area contributed by atoms with Gasteiger partial charge < -0.3 is 10.6 Å². The molecule has 138 valence electrons. The second-order valence-electron chi connectivity index (χ2n) is 6.61. The number of benzene rings is 1. The van der Waals surface area contributed by atoms with Crippen LogP contribution in [-0.4, -0.2) is 40.3 Å². The van der Waals surface area contributed by atoms with Gasteiger partial charge in [-0.2, -0.15) is 0 Å². The number of carbonyl (C=O) groups is 3. The van der Waals surface area contributed by atoms with Crippen molar-refractivity contribution in [2.75, 3.05) is 11.9 Å². The van der Waals surface area contributed by atoms with Crippen LogP contribution in [0.5, 0.6) is 0 Å². The Balaban J connectivity index is 1.61. The molecule has 1 saturated heterocycles. The molecule has 1 saturated carbocycles. The summed E-state index contributed by atoms with van der Waals surface area (Å²) in [6, 6.07) is 4.34. The molecule has 1 aliphatic carbocycles. The highest BCUT2D eigenvalue weighted by Crippen LogP contribution is 2.29. The van der Waals surface area contributed by atoms with E-state index in [4.69, 9.17) is 0 Å². The van der Waals surface area contributed by atoms with Crippen LogP contribution in [0.15, 0.2) is 24.3 Å². The SMILES string of the molecule is O=C(CN1C(=O)N[C@H](C2CCCCC2)C1=O)Nc1cccc([N+](=O)[O-])c1. The molecule has 0 spiro atoms. The van der Waals surface area contributed by atoms with E-state index in [-0.39, 0.29) is 23.2 Å². The number of imide groups is 1. The predicted molar refractivity (Wildman–Crippen MR) is 92.3 cm³/mol. The molecule has 2 N–H and O–H groups in total. The summed E-state index contributed by atoms with van der Waals surface area (Å²) >= 11 is 0. The Morgan fingerprint density at radius 2 is 2.00 bits per heavy atom. The average Bonchev–Trinajstić information content (AvgIpc) is 2.91. The minimum Gasteiger partial charge on any atom is -0.326 e. The zero-order valence-corrected chi connectivity index (χ0v) is 14.1. The highest BCUT2D eigenvalue weighted by atomic mass is 16.6. The summed E-state index contributed by atoms with van der Waals surface area (Å²) < 4.78 is 0. The number of carbonyl (C=O) groups excluding carboxylic acids is 3. The summed E-state index contributed by atoms with van der Waals surface area (Å²) in [5.41, 5.74) is 0.0789. The Labute approximate surface area is 149 Å². The third kappa shape index (κ3) is 3.81. The minimum atomic E-state index is -0.585. The molecule has 4 amide bonds. The zero-order valence-electron chi connectivity index (χ0n) is 14.1. The van der Waals surface area contributed by atoms with Crippen molar-refractivity contribution >= 4 is 29.2 Å². The van der Waals surface area contributed by atoms with Crippen molar-refractivity contribution in [3.8, 4) is 0 Å². The molecule has 1 aromatic rings. The van der Waals surface area contributed by atoms with Crippen LogP contribution in [0.25, 0.3) is 0 Å². The van der Waals surface area contributed by atoms with Crippen molar-refractivity contribution in [1.82, 2.24) is 10.2 Å². The Kier molecular flexibility index (Phi) is 5.15. The van der Waals surface area contributed by atoms with Gasteiger partial charge in [-0.15, -0.1) is 0 Å². The van der Waals surface area contributed by atoms with Crippen molar-refractivity contribution in [2.45, 2.75) is 38.1 Å². The minimum absolute atomic E-state index is 0.116. The molecule has 9 nitrogen and oxygen atoms in total. The van der Waals surface area contributed by atoms with Crippen LogP contribution in [0.2, 0.25) is 0 Å². The van der Waals surface area contributed by atoms with Crippen molar-refractivity contribution < 1.29 is 19.3 Å². The van der Waals surface area contributed by atoms with E-state index in [0.29, 0.717) is 0 Å². The molecule has 2 fully saturated rings. The van der Waals surface area contributed by atoms with Gasteiger partial charge in [-0.3, -0.25) is 24.6 Å². The first-order chi connectivity index (χ1) is 12.5. The largest absolute Gasteiger partial charge is 0.326 e. The Morgan fingerprint density at radius 1 is 1.27 bits per heavy atom. The summed E-state index contributed by atoms with van der Waals surface area (Å²) in [5, 5.41) is 15.9. The first-order valence-corrected chi connectivity index (χ1v) is 8.62. The molecular formula is C17H20N4O5. The third-order valence-corrected chi connectivity index (χ3v) is 4.82. The molecule has 1 aliphatic heterocycles.